The number of aromatic nitrogens is 1. The van der Waals surface area contributed by atoms with E-state index in [1.165, 1.54) is 18.2 Å². The first-order chi connectivity index (χ1) is 12.6. The Bertz CT molecular complexity index is 805. The third-order valence-electron chi connectivity index (χ3n) is 5.10. The topological polar surface area (TPSA) is 54.5 Å². The van der Waals surface area contributed by atoms with Gasteiger partial charge in [-0.3, -0.25) is 4.79 Å². The number of anilines is 1. The largest absolute Gasteiger partial charge is 0.376 e. The Morgan fingerprint density at radius 1 is 1.35 bits per heavy atom. The van der Waals surface area contributed by atoms with Gasteiger partial charge in [-0.2, -0.15) is 0 Å². The van der Waals surface area contributed by atoms with Crippen LogP contribution < -0.4 is 5.32 Å². The molecule has 2 saturated heterocycles. The standard InChI is InChI=1S/C19H19ClFN3O2/c20-15-7-12(4-5-16(15)21)19(25)24-9-14-13(11-26-17(14)10-24)8-23-18-3-1-2-6-22-18/h1-7,13-14,17H,8-11H2,(H,22,23)/t13-,14+,17+/m1/s1. The van der Waals surface area contributed by atoms with Crippen molar-refractivity contribution in [2.75, 3.05) is 31.6 Å². The van der Waals surface area contributed by atoms with Crippen molar-refractivity contribution in [1.82, 2.24) is 9.88 Å². The molecule has 3 heterocycles. The van der Waals surface area contributed by atoms with Gasteiger partial charge in [-0.05, 0) is 30.3 Å². The summed E-state index contributed by atoms with van der Waals surface area (Å²) in [6, 6.07) is 9.82. The number of amides is 1. The van der Waals surface area contributed by atoms with Crippen molar-refractivity contribution in [2.45, 2.75) is 6.10 Å². The summed E-state index contributed by atoms with van der Waals surface area (Å²) in [6.07, 6.45) is 1.80. The molecule has 4 rings (SSSR count). The van der Waals surface area contributed by atoms with Crippen LogP contribution in [0.5, 0.6) is 0 Å². The summed E-state index contributed by atoms with van der Waals surface area (Å²) in [6.45, 7) is 2.62. The molecular weight excluding hydrogens is 357 g/mol. The van der Waals surface area contributed by atoms with E-state index in [2.05, 4.69) is 10.3 Å². The van der Waals surface area contributed by atoms with E-state index in [9.17, 15) is 9.18 Å². The maximum Gasteiger partial charge on any atom is 0.254 e. The van der Waals surface area contributed by atoms with Crippen LogP contribution >= 0.6 is 11.6 Å². The number of halogens is 2. The molecule has 0 bridgehead atoms. The number of nitrogens with one attached hydrogen (secondary N) is 1. The van der Waals surface area contributed by atoms with Gasteiger partial charge in [-0.25, -0.2) is 9.37 Å². The van der Waals surface area contributed by atoms with Crippen LogP contribution in [0.3, 0.4) is 0 Å². The van der Waals surface area contributed by atoms with Crippen molar-refractivity contribution in [2.24, 2.45) is 11.8 Å². The van der Waals surface area contributed by atoms with Gasteiger partial charge in [-0.15, -0.1) is 0 Å². The van der Waals surface area contributed by atoms with Gasteiger partial charge in [-0.1, -0.05) is 17.7 Å². The van der Waals surface area contributed by atoms with E-state index >= 15 is 0 Å². The molecule has 2 fully saturated rings. The molecule has 2 aromatic rings. The smallest absolute Gasteiger partial charge is 0.254 e. The number of carbonyl (C=O) groups is 1. The van der Waals surface area contributed by atoms with E-state index < -0.39 is 5.82 Å². The highest BCUT2D eigenvalue weighted by Gasteiger charge is 2.45. The van der Waals surface area contributed by atoms with Crippen LogP contribution in [-0.4, -0.2) is 48.1 Å². The fraction of sp³-hybridized carbons (Fsp3) is 0.368. The van der Waals surface area contributed by atoms with Crippen LogP contribution in [-0.2, 0) is 4.74 Å². The van der Waals surface area contributed by atoms with Gasteiger partial charge >= 0.3 is 0 Å². The molecular formula is C19H19ClFN3O2. The van der Waals surface area contributed by atoms with Crippen molar-refractivity contribution in [3.05, 3.63) is 59.0 Å². The van der Waals surface area contributed by atoms with Crippen molar-refractivity contribution in [1.29, 1.82) is 0 Å². The summed E-state index contributed by atoms with van der Waals surface area (Å²) < 4.78 is 19.2. The molecule has 0 unspecified atom stereocenters. The van der Waals surface area contributed by atoms with Crippen LogP contribution in [0, 0.1) is 17.7 Å². The predicted molar refractivity (Wildman–Crippen MR) is 96.8 cm³/mol. The van der Waals surface area contributed by atoms with Crippen LogP contribution in [0.25, 0.3) is 0 Å². The normalized spacial score (nSPS) is 24.5. The summed E-state index contributed by atoms with van der Waals surface area (Å²) >= 11 is 5.80. The van der Waals surface area contributed by atoms with E-state index in [0.717, 1.165) is 12.4 Å². The van der Waals surface area contributed by atoms with Crippen molar-refractivity contribution in [3.8, 4) is 0 Å². The zero-order chi connectivity index (χ0) is 18.1. The van der Waals surface area contributed by atoms with Gasteiger partial charge in [0.15, 0.2) is 0 Å². The zero-order valence-electron chi connectivity index (χ0n) is 14.1. The van der Waals surface area contributed by atoms with Gasteiger partial charge < -0.3 is 15.0 Å². The van der Waals surface area contributed by atoms with Crippen LogP contribution in [0.2, 0.25) is 5.02 Å². The third kappa shape index (κ3) is 3.39. The lowest BCUT2D eigenvalue weighted by Crippen LogP contribution is -2.32. The minimum atomic E-state index is -0.523. The van der Waals surface area contributed by atoms with Crippen molar-refractivity contribution in [3.63, 3.8) is 0 Å². The predicted octanol–water partition coefficient (Wildman–Crippen LogP) is 3.07. The Kier molecular flexibility index (Phi) is 4.78. The van der Waals surface area contributed by atoms with Gasteiger partial charge in [0.25, 0.3) is 5.91 Å². The average molecular weight is 376 g/mol. The summed E-state index contributed by atoms with van der Waals surface area (Å²) in [5, 5.41) is 3.30. The highest BCUT2D eigenvalue weighted by Crippen LogP contribution is 2.34. The molecule has 26 heavy (non-hydrogen) atoms. The molecule has 0 radical (unpaired) electrons. The summed E-state index contributed by atoms with van der Waals surface area (Å²) in [7, 11) is 0. The fourth-order valence-electron chi connectivity index (χ4n) is 3.69. The summed E-state index contributed by atoms with van der Waals surface area (Å²) in [5.74, 6) is 0.775. The molecule has 136 valence electrons. The molecule has 0 spiro atoms. The number of pyridine rings is 1. The van der Waals surface area contributed by atoms with E-state index in [-0.39, 0.29) is 23.0 Å². The van der Waals surface area contributed by atoms with Gasteiger partial charge in [0, 0.05) is 43.2 Å². The Balaban J connectivity index is 1.39. The van der Waals surface area contributed by atoms with Gasteiger partial charge in [0.05, 0.1) is 17.7 Å². The van der Waals surface area contributed by atoms with Crippen molar-refractivity contribution < 1.29 is 13.9 Å². The highest BCUT2D eigenvalue weighted by molar-refractivity contribution is 6.31. The molecule has 0 aliphatic carbocycles. The van der Waals surface area contributed by atoms with E-state index in [1.54, 1.807) is 11.1 Å². The number of fused-ring (bicyclic) bond motifs is 1. The van der Waals surface area contributed by atoms with Crippen LogP contribution in [0.15, 0.2) is 42.6 Å². The SMILES string of the molecule is O=C(c1ccc(F)c(Cl)c1)N1C[C@H]2[C@H](CNc3ccccn3)CO[C@H]2C1. The number of likely N-dealkylation sites (tertiary alicyclic amines) is 1. The van der Waals surface area contributed by atoms with Crippen LogP contribution in [0.1, 0.15) is 10.4 Å². The maximum absolute atomic E-state index is 13.3. The third-order valence-corrected chi connectivity index (χ3v) is 5.39. The highest BCUT2D eigenvalue weighted by atomic mass is 35.5. The first-order valence-corrected chi connectivity index (χ1v) is 9.00. The second-order valence-electron chi connectivity index (χ2n) is 6.73. The number of carbonyl (C=O) groups excluding carboxylic acids is 1. The molecule has 2 aliphatic rings. The Morgan fingerprint density at radius 3 is 3.00 bits per heavy atom. The number of hydrogen-bond acceptors (Lipinski definition) is 4. The molecule has 0 saturated carbocycles. The van der Waals surface area contributed by atoms with E-state index in [4.69, 9.17) is 16.3 Å². The molecule has 1 amide bonds. The minimum Gasteiger partial charge on any atom is -0.376 e. The lowest BCUT2D eigenvalue weighted by atomic mass is 9.93. The van der Waals surface area contributed by atoms with Gasteiger partial charge in [0.2, 0.25) is 0 Å². The fourth-order valence-corrected chi connectivity index (χ4v) is 3.87. The number of hydrogen-bond donors (Lipinski definition) is 1. The minimum absolute atomic E-state index is 0.0380. The molecule has 3 atom stereocenters. The number of rotatable bonds is 4. The molecule has 7 heteroatoms. The molecule has 1 aromatic heterocycles. The summed E-state index contributed by atoms with van der Waals surface area (Å²) in [4.78, 5) is 18.7. The molecule has 1 N–H and O–H groups in total. The molecule has 1 aromatic carbocycles. The first-order valence-electron chi connectivity index (χ1n) is 8.62. The monoisotopic (exact) mass is 375 g/mol. The quantitative estimate of drug-likeness (QED) is 0.892. The number of ether oxygens (including phenoxy) is 1. The number of nitrogens with zero attached hydrogens (tertiary/aromatic N) is 2. The second kappa shape index (κ2) is 7.21. The Morgan fingerprint density at radius 2 is 2.23 bits per heavy atom. The van der Waals surface area contributed by atoms with E-state index in [1.807, 2.05) is 18.2 Å². The average Bonchev–Trinajstić information content (AvgIpc) is 3.23. The summed E-state index contributed by atoms with van der Waals surface area (Å²) in [5.41, 5.74) is 0.402. The molecule has 2 aliphatic heterocycles. The first kappa shape index (κ1) is 17.2. The number of benzene rings is 1. The van der Waals surface area contributed by atoms with Gasteiger partial charge in [0.1, 0.15) is 11.6 Å². The zero-order valence-corrected chi connectivity index (χ0v) is 14.8. The molecule has 5 nitrogen and oxygen atoms in total. The lowest BCUT2D eigenvalue weighted by Gasteiger charge is -2.20. The van der Waals surface area contributed by atoms with Crippen LogP contribution in [0.4, 0.5) is 10.2 Å². The second-order valence-corrected chi connectivity index (χ2v) is 7.14. The van der Waals surface area contributed by atoms with Crippen molar-refractivity contribution >= 4 is 23.3 Å². The van der Waals surface area contributed by atoms with E-state index in [0.29, 0.717) is 31.2 Å². The Hall–Kier alpha value is -2.18. The Labute approximate surface area is 156 Å². The lowest BCUT2D eigenvalue weighted by molar-refractivity contribution is 0.0680. The maximum atomic E-state index is 13.3.